The van der Waals surface area contributed by atoms with E-state index >= 15 is 0 Å². The lowest BCUT2D eigenvalue weighted by molar-refractivity contribution is 0.0700. The number of carbonyl (C=O) groups excluding carboxylic acids is 1. The summed E-state index contributed by atoms with van der Waals surface area (Å²) in [6.07, 6.45) is 0. The fourth-order valence-electron chi connectivity index (χ4n) is 2.39. The maximum atomic E-state index is 12.5. The van der Waals surface area contributed by atoms with Crippen molar-refractivity contribution in [3.63, 3.8) is 0 Å². The van der Waals surface area contributed by atoms with Crippen LogP contribution in [0.2, 0.25) is 0 Å². The number of nitrogens with one attached hydrogen (secondary N) is 1. The number of aromatic nitrogens is 1. The lowest BCUT2D eigenvalue weighted by Gasteiger charge is -2.21. The molecule has 7 nitrogen and oxygen atoms in total. The molecule has 0 bridgehead atoms. The van der Waals surface area contributed by atoms with E-state index in [0.29, 0.717) is 41.0 Å². The number of benzene rings is 1. The summed E-state index contributed by atoms with van der Waals surface area (Å²) in [5, 5.41) is 12.5. The van der Waals surface area contributed by atoms with Crippen molar-refractivity contribution in [1.82, 2.24) is 10.3 Å². The summed E-state index contributed by atoms with van der Waals surface area (Å²) in [7, 11) is 0. The number of fused-ring (bicyclic) bond motifs is 1. The van der Waals surface area contributed by atoms with Gasteiger partial charge in [-0.2, -0.15) is 0 Å². The van der Waals surface area contributed by atoms with Gasteiger partial charge in [0.15, 0.2) is 11.5 Å². The Kier molecular flexibility index (Phi) is 4.39. The number of hydrogen-bond acceptors (Lipinski definition) is 6. The van der Waals surface area contributed by atoms with Crippen molar-refractivity contribution in [3.8, 4) is 11.5 Å². The lowest BCUT2D eigenvalue weighted by Crippen LogP contribution is -2.28. The van der Waals surface area contributed by atoms with E-state index in [9.17, 15) is 9.59 Å². The molecule has 3 rings (SSSR count). The molecule has 0 radical (unpaired) electrons. The van der Waals surface area contributed by atoms with Crippen LogP contribution in [0.1, 0.15) is 43.7 Å². The van der Waals surface area contributed by atoms with Crippen molar-refractivity contribution >= 4 is 23.2 Å². The molecule has 1 unspecified atom stereocenters. The SMILES string of the molecule is Cc1nc(C(C)NC(=O)c2cccc3c2OCCO3)sc1C(=O)O. The predicted octanol–water partition coefficient (Wildman–Crippen LogP) is 2.41. The van der Waals surface area contributed by atoms with Crippen LogP contribution in [0.25, 0.3) is 0 Å². The van der Waals surface area contributed by atoms with Gasteiger partial charge >= 0.3 is 5.97 Å². The number of aromatic carboxylic acids is 1. The van der Waals surface area contributed by atoms with Crippen molar-refractivity contribution in [2.45, 2.75) is 19.9 Å². The maximum absolute atomic E-state index is 12.5. The van der Waals surface area contributed by atoms with E-state index in [1.165, 1.54) is 0 Å². The molecule has 2 aromatic rings. The molecule has 0 spiro atoms. The summed E-state index contributed by atoms with van der Waals surface area (Å²) >= 11 is 1.06. The highest BCUT2D eigenvalue weighted by molar-refractivity contribution is 7.13. The van der Waals surface area contributed by atoms with E-state index in [1.807, 2.05) is 0 Å². The minimum Gasteiger partial charge on any atom is -0.486 e. The fraction of sp³-hybridized carbons (Fsp3) is 0.312. The summed E-state index contributed by atoms with van der Waals surface area (Å²) in [4.78, 5) is 28.1. The number of carboxylic acids is 1. The Balaban J connectivity index is 1.80. The smallest absolute Gasteiger partial charge is 0.347 e. The van der Waals surface area contributed by atoms with Gasteiger partial charge in [-0.05, 0) is 26.0 Å². The maximum Gasteiger partial charge on any atom is 0.347 e. The number of hydrogen-bond donors (Lipinski definition) is 2. The van der Waals surface area contributed by atoms with Crippen LogP contribution < -0.4 is 14.8 Å². The molecular formula is C16H16N2O5S. The number of aryl methyl sites for hydroxylation is 1. The normalized spacial score (nSPS) is 14.1. The first-order valence-electron chi connectivity index (χ1n) is 7.37. The molecule has 1 aromatic heterocycles. The molecule has 0 aliphatic carbocycles. The Morgan fingerprint density at radius 2 is 2.08 bits per heavy atom. The number of rotatable bonds is 4. The Morgan fingerprint density at radius 1 is 1.33 bits per heavy atom. The molecule has 8 heteroatoms. The predicted molar refractivity (Wildman–Crippen MR) is 87.1 cm³/mol. The molecule has 0 saturated heterocycles. The van der Waals surface area contributed by atoms with Gasteiger partial charge in [0.1, 0.15) is 23.1 Å². The monoisotopic (exact) mass is 348 g/mol. The second-order valence-corrected chi connectivity index (χ2v) is 6.33. The second-order valence-electron chi connectivity index (χ2n) is 5.30. The highest BCUT2D eigenvalue weighted by atomic mass is 32.1. The third-order valence-electron chi connectivity index (χ3n) is 3.54. The van der Waals surface area contributed by atoms with Gasteiger partial charge in [0.2, 0.25) is 0 Å². The molecule has 1 aliphatic heterocycles. The van der Waals surface area contributed by atoms with E-state index in [2.05, 4.69) is 10.3 Å². The third kappa shape index (κ3) is 3.05. The van der Waals surface area contributed by atoms with Crippen LogP contribution in [0, 0.1) is 6.92 Å². The van der Waals surface area contributed by atoms with Gasteiger partial charge in [-0.15, -0.1) is 11.3 Å². The first-order valence-corrected chi connectivity index (χ1v) is 8.19. The number of thiazole rings is 1. The van der Waals surface area contributed by atoms with Crippen LogP contribution in [-0.2, 0) is 0 Å². The van der Waals surface area contributed by atoms with Crippen LogP contribution in [0.3, 0.4) is 0 Å². The zero-order chi connectivity index (χ0) is 17.3. The Bertz CT molecular complexity index is 802. The molecule has 2 heterocycles. The standard InChI is InChI=1S/C16H16N2O5S/c1-8-13(16(20)21)24-15(18-8)9(2)17-14(19)10-4-3-5-11-12(10)23-7-6-22-11/h3-5,9H,6-7H2,1-2H3,(H,17,19)(H,20,21). The largest absolute Gasteiger partial charge is 0.486 e. The van der Waals surface area contributed by atoms with Gasteiger partial charge in [-0.25, -0.2) is 9.78 Å². The number of ether oxygens (including phenoxy) is 2. The molecule has 24 heavy (non-hydrogen) atoms. The van der Waals surface area contributed by atoms with Crippen molar-refractivity contribution in [2.24, 2.45) is 0 Å². The highest BCUT2D eigenvalue weighted by Gasteiger charge is 2.23. The van der Waals surface area contributed by atoms with Crippen LogP contribution >= 0.6 is 11.3 Å². The van der Waals surface area contributed by atoms with Crippen molar-refractivity contribution in [1.29, 1.82) is 0 Å². The van der Waals surface area contributed by atoms with Crippen LogP contribution in [0.5, 0.6) is 11.5 Å². The number of para-hydroxylation sites is 1. The van der Waals surface area contributed by atoms with Gasteiger partial charge < -0.3 is 19.9 Å². The molecule has 0 fully saturated rings. The first-order chi connectivity index (χ1) is 11.5. The van der Waals surface area contributed by atoms with Gasteiger partial charge in [0, 0.05) is 0 Å². The summed E-state index contributed by atoms with van der Waals surface area (Å²) in [6.45, 7) is 4.23. The zero-order valence-electron chi connectivity index (χ0n) is 13.2. The van der Waals surface area contributed by atoms with E-state index in [0.717, 1.165) is 11.3 Å². The topological polar surface area (TPSA) is 97.8 Å². The van der Waals surface area contributed by atoms with E-state index < -0.39 is 12.0 Å². The van der Waals surface area contributed by atoms with Crippen molar-refractivity contribution in [3.05, 3.63) is 39.3 Å². The van der Waals surface area contributed by atoms with Gasteiger partial charge in [-0.1, -0.05) is 6.07 Å². The third-order valence-corrected chi connectivity index (χ3v) is 4.86. The van der Waals surface area contributed by atoms with E-state index in [4.69, 9.17) is 14.6 Å². The van der Waals surface area contributed by atoms with Gasteiger partial charge in [-0.3, -0.25) is 4.79 Å². The average molecular weight is 348 g/mol. The molecule has 1 aromatic carbocycles. The lowest BCUT2D eigenvalue weighted by atomic mass is 10.1. The number of carbonyl (C=O) groups is 2. The molecule has 1 aliphatic rings. The van der Waals surface area contributed by atoms with Gasteiger partial charge in [0.05, 0.1) is 17.3 Å². The number of carboxylic acid groups (broad SMARTS) is 1. The minimum atomic E-state index is -1.02. The molecule has 0 saturated carbocycles. The molecular weight excluding hydrogens is 332 g/mol. The molecule has 126 valence electrons. The van der Waals surface area contributed by atoms with Crippen LogP contribution in [-0.4, -0.2) is 35.2 Å². The van der Waals surface area contributed by atoms with Crippen LogP contribution in [0.4, 0.5) is 0 Å². The van der Waals surface area contributed by atoms with Crippen molar-refractivity contribution in [2.75, 3.05) is 13.2 Å². The molecule has 1 amide bonds. The Morgan fingerprint density at radius 3 is 2.79 bits per heavy atom. The zero-order valence-corrected chi connectivity index (χ0v) is 14.0. The Hall–Kier alpha value is -2.61. The summed E-state index contributed by atoms with van der Waals surface area (Å²) in [5.41, 5.74) is 0.822. The fourth-order valence-corrected chi connectivity index (χ4v) is 3.30. The van der Waals surface area contributed by atoms with Gasteiger partial charge in [0.25, 0.3) is 5.91 Å². The summed E-state index contributed by atoms with van der Waals surface area (Å²) < 4.78 is 11.0. The minimum absolute atomic E-state index is 0.180. The quantitative estimate of drug-likeness (QED) is 0.880. The summed E-state index contributed by atoms with van der Waals surface area (Å²) in [6, 6.07) is 4.71. The van der Waals surface area contributed by atoms with Crippen LogP contribution in [0.15, 0.2) is 18.2 Å². The summed E-state index contributed by atoms with van der Waals surface area (Å²) in [5.74, 6) is -0.373. The number of nitrogens with zero attached hydrogens (tertiary/aromatic N) is 1. The first kappa shape index (κ1) is 16.3. The average Bonchev–Trinajstić information content (AvgIpc) is 2.96. The highest BCUT2D eigenvalue weighted by Crippen LogP contribution is 2.34. The Labute approximate surface area is 142 Å². The van der Waals surface area contributed by atoms with Crippen molar-refractivity contribution < 1.29 is 24.2 Å². The number of amides is 1. The van der Waals surface area contributed by atoms with E-state index in [1.54, 1.807) is 32.0 Å². The molecule has 1 atom stereocenters. The second kappa shape index (κ2) is 6.48. The molecule has 2 N–H and O–H groups in total. The van der Waals surface area contributed by atoms with E-state index in [-0.39, 0.29) is 10.8 Å².